The highest BCUT2D eigenvalue weighted by molar-refractivity contribution is 6.06. The molecule has 2 aromatic rings. The van der Waals surface area contributed by atoms with Gasteiger partial charge in [0.15, 0.2) is 11.5 Å². The highest BCUT2D eigenvalue weighted by Gasteiger charge is 2.15. The van der Waals surface area contributed by atoms with Gasteiger partial charge >= 0.3 is 5.97 Å². The summed E-state index contributed by atoms with van der Waals surface area (Å²) in [5, 5.41) is 5.98. The van der Waals surface area contributed by atoms with E-state index in [9.17, 15) is 4.79 Å². The highest BCUT2D eigenvalue weighted by Crippen LogP contribution is 2.11. The topological polar surface area (TPSA) is 88.5 Å². The van der Waals surface area contributed by atoms with E-state index in [-0.39, 0.29) is 18.1 Å². The Labute approximate surface area is 133 Å². The second kappa shape index (κ2) is 8.14. The van der Waals surface area contributed by atoms with Crippen LogP contribution in [0.5, 0.6) is 0 Å². The van der Waals surface area contributed by atoms with Crippen molar-refractivity contribution in [2.75, 3.05) is 24.3 Å². The van der Waals surface area contributed by atoms with Crippen molar-refractivity contribution < 1.29 is 9.53 Å². The van der Waals surface area contributed by atoms with Gasteiger partial charge in [0.25, 0.3) is 0 Å². The first-order chi connectivity index (χ1) is 11.2. The summed E-state index contributed by atoms with van der Waals surface area (Å²) in [5.74, 6) is 2.39. The van der Waals surface area contributed by atoms with Crippen LogP contribution in [-0.2, 0) is 4.74 Å². The van der Waals surface area contributed by atoms with Crippen LogP contribution >= 0.6 is 0 Å². The van der Waals surface area contributed by atoms with Crippen molar-refractivity contribution in [1.29, 1.82) is 0 Å². The molecular formula is C16H15N5O2. The van der Waals surface area contributed by atoms with Crippen molar-refractivity contribution in [3.05, 3.63) is 48.4 Å². The van der Waals surface area contributed by atoms with Crippen LogP contribution in [0.25, 0.3) is 0 Å². The van der Waals surface area contributed by atoms with E-state index in [1.165, 1.54) is 19.5 Å². The average Bonchev–Trinajstić information content (AvgIpc) is 2.60. The number of rotatable bonds is 4. The van der Waals surface area contributed by atoms with E-state index in [4.69, 9.17) is 6.42 Å². The number of benzene rings is 1. The van der Waals surface area contributed by atoms with Gasteiger partial charge in [-0.15, -0.1) is 6.42 Å². The Morgan fingerprint density at radius 2 is 2.00 bits per heavy atom. The van der Waals surface area contributed by atoms with Gasteiger partial charge < -0.3 is 15.4 Å². The Kier molecular flexibility index (Phi) is 5.66. The molecule has 0 aliphatic heterocycles. The van der Waals surface area contributed by atoms with Crippen molar-refractivity contribution in [2.24, 2.45) is 4.99 Å². The minimum Gasteiger partial charge on any atom is -0.464 e. The molecule has 0 unspecified atom stereocenters. The van der Waals surface area contributed by atoms with E-state index in [1.54, 1.807) is 0 Å². The third kappa shape index (κ3) is 4.54. The number of nitrogens with zero attached hydrogens (tertiary/aromatic N) is 3. The van der Waals surface area contributed by atoms with Gasteiger partial charge in [0.1, 0.15) is 6.54 Å². The van der Waals surface area contributed by atoms with Crippen LogP contribution in [0.1, 0.15) is 10.5 Å². The first kappa shape index (κ1) is 16.0. The quantitative estimate of drug-likeness (QED) is 0.387. The summed E-state index contributed by atoms with van der Waals surface area (Å²) in [6.45, 7) is 0.163. The minimum absolute atomic E-state index is 0.0540. The fourth-order valence-corrected chi connectivity index (χ4v) is 1.68. The van der Waals surface area contributed by atoms with Crippen LogP contribution in [0, 0.1) is 12.3 Å². The summed E-state index contributed by atoms with van der Waals surface area (Å²) >= 11 is 0. The predicted molar refractivity (Wildman–Crippen MR) is 88.2 cm³/mol. The van der Waals surface area contributed by atoms with Gasteiger partial charge in [-0.2, -0.15) is 0 Å². The molecule has 7 heteroatoms. The van der Waals surface area contributed by atoms with Crippen molar-refractivity contribution in [1.82, 2.24) is 9.97 Å². The molecule has 0 saturated heterocycles. The number of carbonyl (C=O) groups is 1. The fraction of sp³-hybridized carbons (Fsp3) is 0.125. The van der Waals surface area contributed by atoms with Crippen molar-refractivity contribution >= 4 is 23.4 Å². The lowest BCUT2D eigenvalue weighted by atomic mass is 10.3. The molecule has 0 atom stereocenters. The van der Waals surface area contributed by atoms with Crippen LogP contribution in [0.4, 0.5) is 11.5 Å². The number of hydrogen-bond donors (Lipinski definition) is 2. The second-order valence-electron chi connectivity index (χ2n) is 4.23. The first-order valence-corrected chi connectivity index (χ1v) is 6.71. The van der Waals surface area contributed by atoms with E-state index in [0.29, 0.717) is 5.96 Å². The zero-order valence-corrected chi connectivity index (χ0v) is 12.5. The third-order valence-corrected chi connectivity index (χ3v) is 2.68. The number of guanidine groups is 1. The van der Waals surface area contributed by atoms with E-state index >= 15 is 0 Å². The minimum atomic E-state index is -0.600. The molecule has 0 saturated carbocycles. The number of aromatic nitrogens is 2. The Bertz CT molecular complexity index is 738. The van der Waals surface area contributed by atoms with E-state index in [2.05, 4.69) is 36.3 Å². The van der Waals surface area contributed by atoms with Gasteiger partial charge in [-0.05, 0) is 12.1 Å². The van der Waals surface area contributed by atoms with E-state index in [0.717, 1.165) is 5.69 Å². The number of terminal acetylenes is 1. The van der Waals surface area contributed by atoms with Crippen LogP contribution < -0.4 is 10.6 Å². The van der Waals surface area contributed by atoms with Gasteiger partial charge in [0.2, 0.25) is 5.96 Å². The van der Waals surface area contributed by atoms with Gasteiger partial charge in [-0.25, -0.2) is 19.8 Å². The van der Waals surface area contributed by atoms with E-state index in [1.807, 2.05) is 30.3 Å². The largest absolute Gasteiger partial charge is 0.464 e. The molecular weight excluding hydrogens is 294 g/mol. The summed E-state index contributed by atoms with van der Waals surface area (Å²) in [6.07, 6.45) is 8.11. The van der Waals surface area contributed by atoms with E-state index < -0.39 is 5.97 Å². The maximum atomic E-state index is 11.7. The van der Waals surface area contributed by atoms with Gasteiger partial charge in [-0.3, -0.25) is 0 Å². The number of nitrogens with one attached hydrogen (secondary N) is 2. The summed E-state index contributed by atoms with van der Waals surface area (Å²) in [5.41, 5.74) is 0.859. The molecule has 0 aliphatic carbocycles. The zero-order chi connectivity index (χ0) is 16.5. The van der Waals surface area contributed by atoms with Gasteiger partial charge in [0.05, 0.1) is 7.11 Å². The molecule has 0 aliphatic rings. The third-order valence-electron chi connectivity index (χ3n) is 2.68. The number of para-hydroxylation sites is 1. The normalized spacial score (nSPS) is 10.5. The molecule has 0 fully saturated rings. The molecule has 0 bridgehead atoms. The monoisotopic (exact) mass is 309 g/mol. The second-order valence-corrected chi connectivity index (χ2v) is 4.23. The zero-order valence-electron chi connectivity index (χ0n) is 12.5. The number of anilines is 2. The van der Waals surface area contributed by atoms with Gasteiger partial charge in [-0.1, -0.05) is 24.1 Å². The Morgan fingerprint density at radius 1 is 1.26 bits per heavy atom. The number of hydrogen-bond acceptors (Lipinski definition) is 5. The maximum absolute atomic E-state index is 11.7. The van der Waals surface area contributed by atoms with Crippen molar-refractivity contribution in [2.45, 2.75) is 0 Å². The smallest absolute Gasteiger partial charge is 0.360 e. The summed E-state index contributed by atoms with van der Waals surface area (Å²) in [4.78, 5) is 24.0. The van der Waals surface area contributed by atoms with Gasteiger partial charge in [0, 0.05) is 18.1 Å². The summed E-state index contributed by atoms with van der Waals surface area (Å²) in [6, 6.07) is 9.39. The number of esters is 1. The number of methoxy groups -OCH3 is 1. The first-order valence-electron chi connectivity index (χ1n) is 6.71. The lowest BCUT2D eigenvalue weighted by Crippen LogP contribution is -2.25. The lowest BCUT2D eigenvalue weighted by molar-refractivity contribution is 0.0595. The molecule has 0 spiro atoms. The highest BCUT2D eigenvalue weighted by atomic mass is 16.5. The van der Waals surface area contributed by atoms with Crippen LogP contribution in [-0.4, -0.2) is 35.6 Å². The number of ether oxygens (including phenoxy) is 1. The fourth-order valence-electron chi connectivity index (χ4n) is 1.68. The van der Waals surface area contributed by atoms with Crippen molar-refractivity contribution in [3.63, 3.8) is 0 Å². The molecule has 7 nitrogen and oxygen atoms in total. The molecule has 1 aromatic heterocycles. The molecule has 2 rings (SSSR count). The molecule has 0 radical (unpaired) electrons. The number of carbonyl (C=O) groups excluding carboxylic acids is 1. The SMILES string of the molecule is C#CCN=C(Nc1ccccc1)Nc1nccnc1C(=O)OC. The summed E-state index contributed by atoms with van der Waals surface area (Å²) < 4.78 is 4.68. The van der Waals surface area contributed by atoms with Crippen LogP contribution in [0.2, 0.25) is 0 Å². The molecule has 116 valence electrons. The van der Waals surface area contributed by atoms with Crippen LogP contribution in [0.3, 0.4) is 0 Å². The van der Waals surface area contributed by atoms with Crippen molar-refractivity contribution in [3.8, 4) is 12.3 Å². The maximum Gasteiger partial charge on any atom is 0.360 e. The number of aliphatic imine (C=N–C) groups is 1. The lowest BCUT2D eigenvalue weighted by Gasteiger charge is -2.13. The van der Waals surface area contributed by atoms with Crippen LogP contribution in [0.15, 0.2) is 47.7 Å². The predicted octanol–water partition coefficient (Wildman–Crippen LogP) is 1.78. The molecule has 1 aromatic carbocycles. The molecule has 23 heavy (non-hydrogen) atoms. The summed E-state index contributed by atoms with van der Waals surface area (Å²) in [7, 11) is 1.27. The average molecular weight is 309 g/mol. The molecule has 2 N–H and O–H groups in total. The molecule has 1 heterocycles. The standard InChI is InChI=1S/C16H15N5O2/c1-3-9-19-16(20-12-7-5-4-6-8-12)21-14-13(15(22)23-2)17-10-11-18-14/h1,4-8,10-11H,9H2,2H3,(H2,18,19,20,21). The Balaban J connectivity index is 2.25. The Morgan fingerprint density at radius 3 is 2.70 bits per heavy atom. The molecule has 0 amide bonds. The Hall–Kier alpha value is -3.40.